The summed E-state index contributed by atoms with van der Waals surface area (Å²) in [6.07, 6.45) is 0. The second kappa shape index (κ2) is 7.64. The Morgan fingerprint density at radius 2 is 1.95 bits per heavy atom. The van der Waals surface area contributed by atoms with Crippen molar-refractivity contribution in [2.75, 3.05) is 25.6 Å². The molecule has 0 aromatic heterocycles. The van der Waals surface area contributed by atoms with Gasteiger partial charge < -0.3 is 9.47 Å². The highest BCUT2D eigenvalue weighted by Crippen LogP contribution is 2.30. The van der Waals surface area contributed by atoms with Crippen LogP contribution in [0.4, 0.5) is 4.39 Å². The van der Waals surface area contributed by atoms with Crippen molar-refractivity contribution in [1.82, 2.24) is 0 Å². The maximum Gasteiger partial charge on any atom is 0.234 e. The van der Waals surface area contributed by atoms with E-state index in [4.69, 9.17) is 31.8 Å². The number of hydrogen-bond donors (Lipinski definition) is 0. The molecular formula is C10H10BrCl2FO4S. The first kappa shape index (κ1) is 17.0. The van der Waals surface area contributed by atoms with Crippen molar-refractivity contribution in [3.8, 4) is 5.75 Å². The van der Waals surface area contributed by atoms with Gasteiger partial charge in [-0.25, -0.2) is 12.8 Å². The van der Waals surface area contributed by atoms with Crippen molar-refractivity contribution < 1.29 is 22.3 Å². The first-order valence-electron chi connectivity index (χ1n) is 5.07. The zero-order valence-corrected chi connectivity index (χ0v) is 13.5. The van der Waals surface area contributed by atoms with Gasteiger partial charge in [-0.15, -0.1) is 0 Å². The van der Waals surface area contributed by atoms with Crippen LogP contribution in [0.2, 0.25) is 5.02 Å². The van der Waals surface area contributed by atoms with Crippen LogP contribution in [-0.2, 0) is 13.8 Å². The monoisotopic (exact) mass is 394 g/mol. The molecule has 0 atom stereocenters. The van der Waals surface area contributed by atoms with E-state index in [1.54, 1.807) is 0 Å². The van der Waals surface area contributed by atoms with Gasteiger partial charge in [0.1, 0.15) is 18.2 Å². The van der Waals surface area contributed by atoms with E-state index >= 15 is 0 Å². The summed E-state index contributed by atoms with van der Waals surface area (Å²) in [5, 5.41) is -0.0113. The number of hydrogen-bond acceptors (Lipinski definition) is 4. The number of rotatable bonds is 7. The van der Waals surface area contributed by atoms with E-state index in [0.29, 0.717) is 4.47 Å². The van der Waals surface area contributed by atoms with Crippen molar-refractivity contribution in [2.45, 2.75) is 0 Å². The van der Waals surface area contributed by atoms with Crippen molar-refractivity contribution in [1.29, 1.82) is 0 Å². The molecule has 0 unspecified atom stereocenters. The summed E-state index contributed by atoms with van der Waals surface area (Å²) in [7, 11) is 1.45. The molecule has 0 bridgehead atoms. The van der Waals surface area contributed by atoms with Crippen LogP contribution in [-0.4, -0.2) is 34.0 Å². The normalized spacial score (nSPS) is 11.6. The highest BCUT2D eigenvalue weighted by Gasteiger charge is 2.08. The molecule has 0 amide bonds. The lowest BCUT2D eigenvalue weighted by atomic mass is 10.3. The van der Waals surface area contributed by atoms with Crippen molar-refractivity contribution in [2.24, 2.45) is 0 Å². The zero-order valence-electron chi connectivity index (χ0n) is 9.54. The van der Waals surface area contributed by atoms with Gasteiger partial charge in [-0.3, -0.25) is 0 Å². The molecule has 0 aliphatic carbocycles. The number of benzene rings is 1. The summed E-state index contributed by atoms with van der Waals surface area (Å²) in [4.78, 5) is 0. The Bertz CT molecular complexity index is 539. The fraction of sp³-hybridized carbons (Fsp3) is 0.400. The average molecular weight is 396 g/mol. The molecule has 0 spiro atoms. The minimum Gasteiger partial charge on any atom is -0.490 e. The molecular weight excluding hydrogens is 386 g/mol. The quantitative estimate of drug-likeness (QED) is 0.404. The Morgan fingerprint density at radius 3 is 2.58 bits per heavy atom. The van der Waals surface area contributed by atoms with Gasteiger partial charge in [0.15, 0.2) is 0 Å². The Kier molecular flexibility index (Phi) is 6.82. The molecule has 0 heterocycles. The van der Waals surface area contributed by atoms with Gasteiger partial charge in [0.25, 0.3) is 0 Å². The van der Waals surface area contributed by atoms with Crippen molar-refractivity contribution in [3.05, 3.63) is 27.4 Å². The van der Waals surface area contributed by atoms with Crippen LogP contribution >= 0.6 is 38.2 Å². The van der Waals surface area contributed by atoms with E-state index in [1.165, 1.54) is 6.07 Å². The first-order valence-corrected chi connectivity index (χ1v) is 8.72. The fourth-order valence-electron chi connectivity index (χ4n) is 1.09. The molecule has 0 saturated heterocycles. The predicted octanol–water partition coefficient (Wildman–Crippen LogP) is 3.21. The molecule has 1 aromatic carbocycles. The van der Waals surface area contributed by atoms with E-state index in [9.17, 15) is 12.8 Å². The number of ether oxygens (including phenoxy) is 2. The molecule has 0 aliphatic heterocycles. The smallest absolute Gasteiger partial charge is 0.234 e. The van der Waals surface area contributed by atoms with Crippen molar-refractivity contribution >= 4 is 47.3 Å². The van der Waals surface area contributed by atoms with E-state index in [1.807, 2.05) is 0 Å². The third-order valence-electron chi connectivity index (χ3n) is 1.93. The molecule has 0 fully saturated rings. The lowest BCUT2D eigenvalue weighted by molar-refractivity contribution is 0.111. The second-order valence-corrected chi connectivity index (χ2v) is 7.56. The zero-order chi connectivity index (χ0) is 14.5. The Morgan fingerprint density at radius 1 is 1.26 bits per heavy atom. The molecule has 1 aromatic rings. The van der Waals surface area contributed by atoms with Crippen LogP contribution in [0, 0.1) is 5.82 Å². The topological polar surface area (TPSA) is 52.6 Å². The van der Waals surface area contributed by atoms with E-state index in [-0.39, 0.29) is 36.3 Å². The van der Waals surface area contributed by atoms with Crippen LogP contribution in [0.15, 0.2) is 16.6 Å². The molecule has 0 radical (unpaired) electrons. The van der Waals surface area contributed by atoms with Gasteiger partial charge in [0, 0.05) is 16.7 Å². The van der Waals surface area contributed by atoms with Crippen molar-refractivity contribution in [3.63, 3.8) is 0 Å². The summed E-state index contributed by atoms with van der Waals surface area (Å²) in [6, 6.07) is 2.53. The highest BCUT2D eigenvalue weighted by atomic mass is 79.9. The second-order valence-electron chi connectivity index (χ2n) is 3.40. The van der Waals surface area contributed by atoms with E-state index in [2.05, 4.69) is 15.9 Å². The number of halogens is 4. The van der Waals surface area contributed by atoms with Gasteiger partial charge >= 0.3 is 0 Å². The van der Waals surface area contributed by atoms with Gasteiger partial charge in [-0.2, -0.15) is 0 Å². The minimum atomic E-state index is -3.55. The van der Waals surface area contributed by atoms with E-state index in [0.717, 1.165) is 6.07 Å². The van der Waals surface area contributed by atoms with Crippen LogP contribution < -0.4 is 4.74 Å². The molecule has 108 valence electrons. The average Bonchev–Trinajstić information content (AvgIpc) is 2.28. The molecule has 0 N–H and O–H groups in total. The standard InChI is InChI=1S/C10H10BrCl2FO4S/c11-7-5-8(12)9(14)6-10(7)18-2-1-17-3-4-19(13,15)16/h5-6H,1-4H2. The van der Waals surface area contributed by atoms with E-state index < -0.39 is 14.9 Å². The molecule has 19 heavy (non-hydrogen) atoms. The Hall–Kier alpha value is -0.0800. The first-order chi connectivity index (χ1) is 8.79. The maximum atomic E-state index is 13.2. The third-order valence-corrected chi connectivity index (χ3v) is 3.96. The predicted molar refractivity (Wildman–Crippen MR) is 75.1 cm³/mol. The summed E-state index contributed by atoms with van der Waals surface area (Å²) in [6.45, 7) is 0.274. The molecule has 4 nitrogen and oxygen atoms in total. The summed E-state index contributed by atoms with van der Waals surface area (Å²) < 4.78 is 45.1. The molecule has 9 heteroatoms. The SMILES string of the molecule is O=S(=O)(Cl)CCOCCOc1cc(F)c(Cl)cc1Br. The molecule has 1 rings (SSSR count). The van der Waals surface area contributed by atoms with Crippen LogP contribution in [0.1, 0.15) is 0 Å². The Labute approximate surface area is 128 Å². The minimum absolute atomic E-state index is 0.0113. The largest absolute Gasteiger partial charge is 0.490 e. The van der Waals surface area contributed by atoms with Gasteiger partial charge in [0.2, 0.25) is 9.05 Å². The van der Waals surface area contributed by atoms with Gasteiger partial charge in [-0.1, -0.05) is 11.6 Å². The Balaban J connectivity index is 2.32. The van der Waals surface area contributed by atoms with Gasteiger partial charge in [0.05, 0.1) is 28.5 Å². The third kappa shape index (κ3) is 6.76. The summed E-state index contributed by atoms with van der Waals surface area (Å²) >= 11 is 8.75. The summed E-state index contributed by atoms with van der Waals surface area (Å²) in [5.74, 6) is -0.571. The highest BCUT2D eigenvalue weighted by molar-refractivity contribution is 9.10. The maximum absolute atomic E-state index is 13.2. The molecule has 0 aliphatic rings. The van der Waals surface area contributed by atoms with Crippen LogP contribution in [0.3, 0.4) is 0 Å². The van der Waals surface area contributed by atoms with Crippen LogP contribution in [0.5, 0.6) is 5.75 Å². The molecule has 0 saturated carbocycles. The lowest BCUT2D eigenvalue weighted by Gasteiger charge is -2.09. The van der Waals surface area contributed by atoms with Gasteiger partial charge in [-0.05, 0) is 22.0 Å². The lowest BCUT2D eigenvalue weighted by Crippen LogP contribution is -2.12. The van der Waals surface area contributed by atoms with Crippen LogP contribution in [0.25, 0.3) is 0 Å². The fourth-order valence-corrected chi connectivity index (χ4v) is 2.35. The summed E-state index contributed by atoms with van der Waals surface area (Å²) in [5.41, 5.74) is 0.